The van der Waals surface area contributed by atoms with Gasteiger partial charge in [0.2, 0.25) is 0 Å². The summed E-state index contributed by atoms with van der Waals surface area (Å²) in [7, 11) is 2.02. The zero-order valence-electron chi connectivity index (χ0n) is 12.7. The number of piperidine rings is 1. The molecule has 4 nitrogen and oxygen atoms in total. The van der Waals surface area contributed by atoms with Crippen LogP contribution in [0, 0.1) is 5.92 Å². The minimum Gasteiger partial charge on any atom is -0.352 e. The lowest BCUT2D eigenvalue weighted by molar-refractivity contribution is 0.242. The van der Waals surface area contributed by atoms with Crippen molar-refractivity contribution in [3.63, 3.8) is 0 Å². The van der Waals surface area contributed by atoms with Crippen LogP contribution in [-0.4, -0.2) is 29.0 Å². The van der Waals surface area contributed by atoms with E-state index in [4.69, 9.17) is 4.98 Å². The lowest BCUT2D eigenvalue weighted by atomic mass is 9.78. The molecule has 0 bridgehead atoms. The summed E-state index contributed by atoms with van der Waals surface area (Å²) in [4.78, 5) is 8.74. The minimum atomic E-state index is 0.729. The molecule has 0 amide bonds. The van der Waals surface area contributed by atoms with Gasteiger partial charge in [-0.1, -0.05) is 12.8 Å². The Morgan fingerprint density at radius 1 is 1.29 bits per heavy atom. The number of hydrogen-bond acceptors (Lipinski definition) is 4. The zero-order chi connectivity index (χ0) is 14.2. The maximum Gasteiger partial charge on any atom is 0.195 e. The summed E-state index contributed by atoms with van der Waals surface area (Å²) in [6.45, 7) is 2.07. The molecule has 1 aliphatic heterocycles. The molecule has 2 fully saturated rings. The molecule has 1 saturated carbocycles. The van der Waals surface area contributed by atoms with Gasteiger partial charge < -0.3 is 10.2 Å². The summed E-state index contributed by atoms with van der Waals surface area (Å²) in [5.74, 6) is 2.14. The van der Waals surface area contributed by atoms with E-state index in [1.54, 1.807) is 11.3 Å². The number of hydrogen-bond donors (Lipinski definition) is 1. The maximum atomic E-state index is 4.97. The SMILES string of the molecule is CNCc1c(N2CCC[C@H]3CCCC[C@H]32)nc2sccn12. The van der Waals surface area contributed by atoms with Crippen LogP contribution in [0.2, 0.25) is 0 Å². The van der Waals surface area contributed by atoms with Gasteiger partial charge in [-0.3, -0.25) is 4.40 Å². The number of thiazole rings is 1. The van der Waals surface area contributed by atoms with Gasteiger partial charge in [-0.05, 0) is 38.6 Å². The number of fused-ring (bicyclic) bond motifs is 2. The number of nitrogens with one attached hydrogen (secondary N) is 1. The predicted octanol–water partition coefficient (Wildman–Crippen LogP) is 3.27. The van der Waals surface area contributed by atoms with Crippen LogP contribution in [0.5, 0.6) is 0 Å². The molecule has 1 aliphatic carbocycles. The number of rotatable bonds is 3. The van der Waals surface area contributed by atoms with Gasteiger partial charge in [-0.15, -0.1) is 11.3 Å². The molecular weight excluding hydrogens is 280 g/mol. The molecule has 0 spiro atoms. The topological polar surface area (TPSA) is 32.6 Å². The second-order valence-electron chi connectivity index (χ2n) is 6.42. The second kappa shape index (κ2) is 5.61. The first kappa shape index (κ1) is 13.6. The van der Waals surface area contributed by atoms with E-state index in [-0.39, 0.29) is 0 Å². The molecule has 21 heavy (non-hydrogen) atoms. The summed E-state index contributed by atoms with van der Waals surface area (Å²) < 4.78 is 2.27. The number of imidazole rings is 1. The van der Waals surface area contributed by atoms with Crippen LogP contribution < -0.4 is 10.2 Å². The Bertz CT molecular complexity index is 615. The molecule has 1 N–H and O–H groups in total. The largest absolute Gasteiger partial charge is 0.352 e. The van der Waals surface area contributed by atoms with Crippen molar-refractivity contribution in [2.75, 3.05) is 18.5 Å². The third-order valence-electron chi connectivity index (χ3n) is 5.20. The van der Waals surface area contributed by atoms with Gasteiger partial charge in [0.1, 0.15) is 0 Å². The van der Waals surface area contributed by atoms with Crippen molar-refractivity contribution >= 4 is 22.1 Å². The Morgan fingerprint density at radius 3 is 3.05 bits per heavy atom. The summed E-state index contributed by atoms with van der Waals surface area (Å²) in [5.41, 5.74) is 1.33. The van der Waals surface area contributed by atoms with Crippen molar-refractivity contribution in [2.45, 2.75) is 51.1 Å². The number of nitrogens with zero attached hydrogens (tertiary/aromatic N) is 3. The third kappa shape index (κ3) is 2.27. The van der Waals surface area contributed by atoms with Gasteiger partial charge in [0.25, 0.3) is 0 Å². The minimum absolute atomic E-state index is 0.729. The highest BCUT2D eigenvalue weighted by atomic mass is 32.1. The van der Waals surface area contributed by atoms with Gasteiger partial charge in [-0.2, -0.15) is 0 Å². The second-order valence-corrected chi connectivity index (χ2v) is 7.29. The van der Waals surface area contributed by atoms with E-state index in [9.17, 15) is 0 Å². The Kier molecular flexibility index (Phi) is 3.63. The lowest BCUT2D eigenvalue weighted by Gasteiger charge is -2.44. The zero-order valence-corrected chi connectivity index (χ0v) is 13.5. The fourth-order valence-electron chi connectivity index (χ4n) is 4.27. The fraction of sp³-hybridized carbons (Fsp3) is 0.688. The molecule has 114 valence electrons. The van der Waals surface area contributed by atoms with Crippen molar-refractivity contribution in [3.8, 4) is 0 Å². The molecule has 2 aromatic heterocycles. The Hall–Kier alpha value is -1.07. The molecule has 4 rings (SSSR count). The van der Waals surface area contributed by atoms with Crippen LogP contribution in [0.3, 0.4) is 0 Å². The van der Waals surface area contributed by atoms with Gasteiger partial charge >= 0.3 is 0 Å². The average molecular weight is 304 g/mol. The third-order valence-corrected chi connectivity index (χ3v) is 5.96. The summed E-state index contributed by atoms with van der Waals surface area (Å²) in [5, 5.41) is 5.45. The lowest BCUT2D eigenvalue weighted by Crippen LogP contribution is -2.47. The first-order valence-corrected chi connectivity index (χ1v) is 9.12. The standard InChI is InChI=1S/C16H24N4S/c1-17-11-14-15(18-16-20(14)9-10-21-16)19-8-4-6-12-5-2-3-7-13(12)19/h9-10,12-13,17H,2-8,11H2,1H3/t12-,13-/m1/s1. The quantitative estimate of drug-likeness (QED) is 0.944. The predicted molar refractivity (Wildman–Crippen MR) is 88.2 cm³/mol. The van der Waals surface area contributed by atoms with Gasteiger partial charge in [0, 0.05) is 30.7 Å². The van der Waals surface area contributed by atoms with Crippen LogP contribution in [0.15, 0.2) is 11.6 Å². The normalized spacial score (nSPS) is 26.2. The van der Waals surface area contributed by atoms with E-state index >= 15 is 0 Å². The smallest absolute Gasteiger partial charge is 0.195 e. The maximum absolute atomic E-state index is 4.97. The number of anilines is 1. The highest BCUT2D eigenvalue weighted by Gasteiger charge is 2.35. The van der Waals surface area contributed by atoms with E-state index in [1.807, 2.05) is 7.05 Å². The molecule has 2 aromatic rings. The Balaban J connectivity index is 1.73. The van der Waals surface area contributed by atoms with Crippen LogP contribution in [0.25, 0.3) is 4.96 Å². The van der Waals surface area contributed by atoms with E-state index in [2.05, 4.69) is 26.2 Å². The van der Waals surface area contributed by atoms with Crippen LogP contribution in [0.4, 0.5) is 5.82 Å². The van der Waals surface area contributed by atoms with Crippen molar-refractivity contribution in [3.05, 3.63) is 17.3 Å². The van der Waals surface area contributed by atoms with Crippen LogP contribution >= 0.6 is 11.3 Å². The van der Waals surface area contributed by atoms with E-state index in [1.165, 1.54) is 56.6 Å². The Labute approximate surface area is 130 Å². The summed E-state index contributed by atoms with van der Waals surface area (Å²) in [6.07, 6.45) is 10.5. The van der Waals surface area contributed by atoms with Gasteiger partial charge in [-0.25, -0.2) is 4.98 Å². The molecule has 5 heteroatoms. The van der Waals surface area contributed by atoms with Gasteiger partial charge in [0.15, 0.2) is 10.8 Å². The molecule has 2 aliphatic rings. The molecule has 1 saturated heterocycles. The first-order valence-electron chi connectivity index (χ1n) is 8.24. The van der Waals surface area contributed by atoms with Crippen LogP contribution in [0.1, 0.15) is 44.2 Å². The molecule has 3 heterocycles. The van der Waals surface area contributed by atoms with Crippen molar-refractivity contribution in [1.82, 2.24) is 14.7 Å². The first-order chi connectivity index (χ1) is 10.4. The summed E-state index contributed by atoms with van der Waals surface area (Å²) >= 11 is 1.74. The van der Waals surface area contributed by atoms with E-state index in [0.29, 0.717) is 0 Å². The summed E-state index contributed by atoms with van der Waals surface area (Å²) in [6, 6.07) is 0.729. The van der Waals surface area contributed by atoms with Crippen molar-refractivity contribution < 1.29 is 0 Å². The average Bonchev–Trinajstić information content (AvgIpc) is 3.10. The Morgan fingerprint density at radius 2 is 2.14 bits per heavy atom. The van der Waals surface area contributed by atoms with Crippen molar-refractivity contribution in [2.24, 2.45) is 5.92 Å². The molecule has 0 radical (unpaired) electrons. The molecule has 2 atom stereocenters. The molecule has 0 aromatic carbocycles. The highest BCUT2D eigenvalue weighted by Crippen LogP contribution is 2.39. The highest BCUT2D eigenvalue weighted by molar-refractivity contribution is 7.15. The van der Waals surface area contributed by atoms with E-state index < -0.39 is 0 Å². The van der Waals surface area contributed by atoms with E-state index in [0.717, 1.165) is 23.5 Å². The molecular formula is C16H24N4S. The van der Waals surface area contributed by atoms with Crippen LogP contribution in [-0.2, 0) is 6.54 Å². The molecule has 0 unspecified atom stereocenters. The monoisotopic (exact) mass is 304 g/mol. The van der Waals surface area contributed by atoms with Crippen molar-refractivity contribution in [1.29, 1.82) is 0 Å². The fourth-order valence-corrected chi connectivity index (χ4v) is 5.00. The number of aromatic nitrogens is 2. The van der Waals surface area contributed by atoms with Gasteiger partial charge in [0.05, 0.1) is 5.69 Å².